The molecule has 0 aliphatic rings. The fourth-order valence-corrected chi connectivity index (χ4v) is 3.00. The Morgan fingerprint density at radius 3 is 2.55 bits per heavy atom. The Hall–Kier alpha value is -3.34. The molecule has 0 bridgehead atoms. The normalized spacial score (nSPS) is 12.8. The van der Waals surface area contributed by atoms with Crippen LogP contribution in [-0.2, 0) is 6.18 Å². The monoisotopic (exact) mass is 400 g/mol. The fraction of sp³-hybridized carbons (Fsp3) is 0.286. The van der Waals surface area contributed by atoms with Gasteiger partial charge in [-0.05, 0) is 38.5 Å². The average molecular weight is 400 g/mol. The van der Waals surface area contributed by atoms with Gasteiger partial charge in [0, 0.05) is 18.3 Å². The minimum absolute atomic E-state index is 0.0899. The molecule has 0 fully saturated rings. The highest BCUT2D eigenvalue weighted by Gasteiger charge is 2.31. The Morgan fingerprint density at radius 1 is 1.21 bits per heavy atom. The number of aryl methyl sites for hydroxylation is 1. The molecule has 1 unspecified atom stereocenters. The van der Waals surface area contributed by atoms with Crippen molar-refractivity contribution in [2.45, 2.75) is 39.0 Å². The maximum Gasteiger partial charge on any atom is 0.416 e. The first-order valence-electron chi connectivity index (χ1n) is 8.90. The molecule has 0 radical (unpaired) electrons. The van der Waals surface area contributed by atoms with E-state index in [1.165, 1.54) is 22.8 Å². The van der Waals surface area contributed by atoms with Crippen molar-refractivity contribution < 1.29 is 13.2 Å². The summed E-state index contributed by atoms with van der Waals surface area (Å²) < 4.78 is 40.7. The van der Waals surface area contributed by atoms with Crippen LogP contribution in [0, 0.1) is 19.3 Å². The third-order valence-electron chi connectivity index (χ3n) is 4.42. The van der Waals surface area contributed by atoms with Gasteiger partial charge in [-0.25, -0.2) is 9.97 Å². The number of halogens is 3. The van der Waals surface area contributed by atoms with Crippen LogP contribution in [0.2, 0.25) is 0 Å². The second-order valence-corrected chi connectivity index (χ2v) is 6.90. The molecule has 0 aliphatic carbocycles. The number of pyridine rings is 1. The van der Waals surface area contributed by atoms with E-state index in [1.54, 1.807) is 13.1 Å². The molecule has 150 valence electrons. The molecule has 0 aliphatic heterocycles. The lowest BCUT2D eigenvalue weighted by atomic mass is 10.0. The number of nitrogens with zero attached hydrogens (tertiary/aromatic N) is 3. The first-order chi connectivity index (χ1) is 13.6. The van der Waals surface area contributed by atoms with Crippen molar-refractivity contribution in [2.24, 2.45) is 0 Å². The largest absolute Gasteiger partial charge is 0.416 e. The van der Waals surface area contributed by atoms with E-state index in [2.05, 4.69) is 21.2 Å². The van der Waals surface area contributed by atoms with Crippen molar-refractivity contribution in [3.63, 3.8) is 0 Å². The third kappa shape index (κ3) is 4.24. The number of alkyl halides is 3. The van der Waals surface area contributed by atoms with E-state index in [4.69, 9.17) is 6.42 Å². The first kappa shape index (κ1) is 20.4. The Kier molecular flexibility index (Phi) is 5.33. The number of terminal acetylenes is 1. The predicted molar refractivity (Wildman–Crippen MR) is 106 cm³/mol. The quantitative estimate of drug-likeness (QED) is 0.656. The van der Waals surface area contributed by atoms with Crippen LogP contribution in [0.3, 0.4) is 0 Å². The lowest BCUT2D eigenvalue weighted by Crippen LogP contribution is -2.21. The SMILES string of the molecule is C#CC(Nc1nc(C)nc2cc(=O)n(C(C)C)cc12)c1cccc(C(F)(F)F)c1. The zero-order valence-corrected chi connectivity index (χ0v) is 16.1. The summed E-state index contributed by atoms with van der Waals surface area (Å²) in [5, 5.41) is 3.58. The molecule has 5 nitrogen and oxygen atoms in total. The lowest BCUT2D eigenvalue weighted by molar-refractivity contribution is -0.137. The number of benzene rings is 1. The van der Waals surface area contributed by atoms with Crippen molar-refractivity contribution in [3.05, 3.63) is 63.8 Å². The summed E-state index contributed by atoms with van der Waals surface area (Å²) in [5.41, 5.74) is -0.275. The first-order valence-corrected chi connectivity index (χ1v) is 8.90. The van der Waals surface area contributed by atoms with E-state index in [-0.39, 0.29) is 17.2 Å². The molecule has 0 saturated heterocycles. The summed E-state index contributed by atoms with van der Waals surface area (Å²) in [6, 6.07) is 5.30. The summed E-state index contributed by atoms with van der Waals surface area (Å²) >= 11 is 0. The predicted octanol–water partition coefficient (Wildman–Crippen LogP) is 4.49. The Morgan fingerprint density at radius 2 is 1.93 bits per heavy atom. The van der Waals surface area contributed by atoms with Gasteiger partial charge in [-0.1, -0.05) is 18.1 Å². The maximum atomic E-state index is 13.1. The van der Waals surface area contributed by atoms with Crippen molar-refractivity contribution >= 4 is 16.7 Å². The van der Waals surface area contributed by atoms with Gasteiger partial charge in [-0.3, -0.25) is 4.79 Å². The number of rotatable bonds is 4. The summed E-state index contributed by atoms with van der Waals surface area (Å²) in [4.78, 5) is 20.9. The van der Waals surface area contributed by atoms with Crippen molar-refractivity contribution in [2.75, 3.05) is 5.32 Å². The van der Waals surface area contributed by atoms with E-state index in [9.17, 15) is 18.0 Å². The molecule has 0 amide bonds. The van der Waals surface area contributed by atoms with Gasteiger partial charge in [0.2, 0.25) is 0 Å². The van der Waals surface area contributed by atoms with Crippen molar-refractivity contribution in [1.82, 2.24) is 14.5 Å². The second-order valence-electron chi connectivity index (χ2n) is 6.90. The molecule has 1 aromatic carbocycles. The highest BCUT2D eigenvalue weighted by Crippen LogP contribution is 2.32. The highest BCUT2D eigenvalue weighted by molar-refractivity contribution is 5.88. The molecule has 1 N–H and O–H groups in total. The Labute approximate surface area is 165 Å². The number of nitrogens with one attached hydrogen (secondary N) is 1. The van der Waals surface area contributed by atoms with E-state index in [0.29, 0.717) is 22.5 Å². The van der Waals surface area contributed by atoms with Gasteiger partial charge >= 0.3 is 6.18 Å². The molecule has 0 spiro atoms. The van der Waals surface area contributed by atoms with Crippen LogP contribution in [0.5, 0.6) is 0 Å². The summed E-state index contributed by atoms with van der Waals surface area (Å²) in [5.74, 6) is 3.22. The van der Waals surface area contributed by atoms with E-state index >= 15 is 0 Å². The minimum atomic E-state index is -4.47. The van der Waals surface area contributed by atoms with Crippen LogP contribution in [0.25, 0.3) is 10.9 Å². The molecule has 29 heavy (non-hydrogen) atoms. The lowest BCUT2D eigenvalue weighted by Gasteiger charge is -2.18. The zero-order chi connectivity index (χ0) is 21.3. The standard InChI is InChI=1S/C21H19F3N4O/c1-5-17(14-7-6-8-15(9-14)21(22,23)24)27-20-16-11-28(12(2)3)19(29)10-18(16)25-13(4)26-20/h1,6-12,17H,2-4H3,(H,25,26,27). The summed E-state index contributed by atoms with van der Waals surface area (Å²) in [6.45, 7) is 5.39. The Balaban J connectivity index is 2.10. The molecule has 8 heteroatoms. The summed E-state index contributed by atoms with van der Waals surface area (Å²) in [6.07, 6.45) is 2.76. The maximum absolute atomic E-state index is 13.1. The van der Waals surface area contributed by atoms with Crippen LogP contribution >= 0.6 is 0 Å². The van der Waals surface area contributed by atoms with Gasteiger partial charge in [0.1, 0.15) is 17.7 Å². The average Bonchev–Trinajstić information content (AvgIpc) is 2.64. The van der Waals surface area contributed by atoms with Crippen LogP contribution < -0.4 is 10.9 Å². The van der Waals surface area contributed by atoms with Gasteiger partial charge in [-0.2, -0.15) is 13.2 Å². The fourth-order valence-electron chi connectivity index (χ4n) is 3.00. The molecule has 3 rings (SSSR count). The van der Waals surface area contributed by atoms with E-state index in [0.717, 1.165) is 12.1 Å². The summed E-state index contributed by atoms with van der Waals surface area (Å²) in [7, 11) is 0. The number of hydrogen-bond donors (Lipinski definition) is 1. The number of fused-ring (bicyclic) bond motifs is 1. The molecular formula is C21H19F3N4O. The molecular weight excluding hydrogens is 381 g/mol. The van der Waals surface area contributed by atoms with Gasteiger partial charge in [0.15, 0.2) is 0 Å². The number of hydrogen-bond acceptors (Lipinski definition) is 4. The Bertz CT molecular complexity index is 1160. The van der Waals surface area contributed by atoms with Crippen LogP contribution in [-0.4, -0.2) is 14.5 Å². The van der Waals surface area contributed by atoms with E-state index < -0.39 is 17.8 Å². The number of aromatic nitrogens is 3. The smallest absolute Gasteiger partial charge is 0.352 e. The molecule has 0 saturated carbocycles. The van der Waals surface area contributed by atoms with E-state index in [1.807, 2.05) is 13.8 Å². The van der Waals surface area contributed by atoms with Crippen LogP contribution in [0.15, 0.2) is 41.3 Å². The molecule has 2 heterocycles. The minimum Gasteiger partial charge on any atom is -0.352 e. The highest BCUT2D eigenvalue weighted by atomic mass is 19.4. The van der Waals surface area contributed by atoms with Gasteiger partial charge in [-0.15, -0.1) is 6.42 Å². The van der Waals surface area contributed by atoms with Crippen molar-refractivity contribution in [1.29, 1.82) is 0 Å². The molecule has 1 atom stereocenters. The van der Waals surface area contributed by atoms with Gasteiger partial charge in [0.25, 0.3) is 5.56 Å². The second kappa shape index (κ2) is 7.59. The van der Waals surface area contributed by atoms with Crippen LogP contribution in [0.4, 0.5) is 19.0 Å². The van der Waals surface area contributed by atoms with Crippen molar-refractivity contribution in [3.8, 4) is 12.3 Å². The number of anilines is 1. The van der Waals surface area contributed by atoms with Gasteiger partial charge in [0.05, 0.1) is 16.5 Å². The molecule has 3 aromatic rings. The third-order valence-corrected chi connectivity index (χ3v) is 4.42. The van der Waals surface area contributed by atoms with Crippen LogP contribution in [0.1, 0.15) is 42.9 Å². The van der Waals surface area contributed by atoms with Gasteiger partial charge < -0.3 is 9.88 Å². The topological polar surface area (TPSA) is 59.8 Å². The molecule has 2 aromatic heterocycles. The zero-order valence-electron chi connectivity index (χ0n) is 16.1.